The molecule has 0 aliphatic heterocycles. The lowest BCUT2D eigenvalue weighted by Gasteiger charge is -2.05. The van der Waals surface area contributed by atoms with Crippen LogP contribution in [-0.2, 0) is 0 Å². The highest BCUT2D eigenvalue weighted by atomic mass is 32.2. The van der Waals surface area contributed by atoms with Crippen LogP contribution in [0.5, 0.6) is 0 Å². The van der Waals surface area contributed by atoms with Crippen molar-refractivity contribution in [1.29, 1.82) is 5.26 Å². The average Bonchev–Trinajstić information content (AvgIpc) is 2.87. The molecule has 0 unspecified atom stereocenters. The summed E-state index contributed by atoms with van der Waals surface area (Å²) in [6.07, 6.45) is 1.76. The standard InChI is InChI=1S/C13H8N4S3/c14-5-6-19-13-15-7-11(20-8-18)12-16-9-3-1-2-4-10(9)17(12)13/h1-4,7-8H,6H2. The van der Waals surface area contributed by atoms with Gasteiger partial charge in [0.15, 0.2) is 10.8 Å². The Morgan fingerprint density at radius 2 is 2.25 bits per heavy atom. The SMILES string of the molecule is N#CCSc1ncc(SC=S)c2nc3ccccc3n12. The number of hydrogen-bond donors (Lipinski definition) is 0. The van der Waals surface area contributed by atoms with Crippen molar-refractivity contribution in [2.24, 2.45) is 0 Å². The number of rotatable bonds is 4. The maximum absolute atomic E-state index is 8.76. The summed E-state index contributed by atoms with van der Waals surface area (Å²) in [5.41, 5.74) is 2.72. The van der Waals surface area contributed by atoms with Crippen molar-refractivity contribution in [2.75, 3.05) is 5.75 Å². The summed E-state index contributed by atoms with van der Waals surface area (Å²) in [5.74, 6) is 0.355. The molecule has 1 aromatic carbocycles. The van der Waals surface area contributed by atoms with Crippen molar-refractivity contribution < 1.29 is 0 Å². The van der Waals surface area contributed by atoms with E-state index in [1.165, 1.54) is 23.5 Å². The number of imidazole rings is 1. The lowest BCUT2D eigenvalue weighted by molar-refractivity contribution is 0.901. The number of hydrogen-bond acceptors (Lipinski definition) is 6. The summed E-state index contributed by atoms with van der Waals surface area (Å²) in [4.78, 5) is 9.99. The number of thiocarbonyl (C=S) groups is 1. The van der Waals surface area contributed by atoms with Gasteiger partial charge in [0.2, 0.25) is 0 Å². The van der Waals surface area contributed by atoms with Crippen LogP contribution in [0.2, 0.25) is 0 Å². The number of para-hydroxylation sites is 2. The van der Waals surface area contributed by atoms with Crippen molar-refractivity contribution in [3.05, 3.63) is 30.5 Å². The summed E-state index contributed by atoms with van der Waals surface area (Å²) >= 11 is 7.73. The van der Waals surface area contributed by atoms with Crippen molar-refractivity contribution in [1.82, 2.24) is 14.4 Å². The number of nitrogens with zero attached hydrogens (tertiary/aromatic N) is 4. The van der Waals surface area contributed by atoms with E-state index >= 15 is 0 Å². The van der Waals surface area contributed by atoms with E-state index in [1.54, 1.807) is 10.9 Å². The van der Waals surface area contributed by atoms with Crippen LogP contribution in [0.4, 0.5) is 0 Å². The van der Waals surface area contributed by atoms with Gasteiger partial charge in [0.1, 0.15) is 0 Å². The maximum atomic E-state index is 8.76. The molecular weight excluding hydrogens is 308 g/mol. The fourth-order valence-electron chi connectivity index (χ4n) is 1.95. The van der Waals surface area contributed by atoms with Gasteiger partial charge in [-0.05, 0) is 12.1 Å². The first-order valence-electron chi connectivity index (χ1n) is 5.71. The van der Waals surface area contributed by atoms with Gasteiger partial charge in [-0.1, -0.05) is 47.9 Å². The molecule has 98 valence electrons. The fraction of sp³-hybridized carbons (Fsp3) is 0.0769. The van der Waals surface area contributed by atoms with Gasteiger partial charge in [0.25, 0.3) is 0 Å². The Labute approximate surface area is 129 Å². The van der Waals surface area contributed by atoms with Gasteiger partial charge in [0, 0.05) is 10.9 Å². The van der Waals surface area contributed by atoms with Crippen LogP contribution in [0.1, 0.15) is 0 Å². The molecule has 0 spiro atoms. The lowest BCUT2D eigenvalue weighted by Crippen LogP contribution is -1.96. The molecular formula is C13H8N4S3. The molecule has 3 aromatic rings. The molecule has 0 radical (unpaired) electrons. The molecule has 0 atom stereocenters. The van der Waals surface area contributed by atoms with E-state index in [-0.39, 0.29) is 0 Å². The third kappa shape index (κ3) is 2.26. The Morgan fingerprint density at radius 1 is 1.40 bits per heavy atom. The molecule has 4 nitrogen and oxygen atoms in total. The van der Waals surface area contributed by atoms with Gasteiger partial charge in [-0.3, -0.25) is 4.40 Å². The smallest absolute Gasteiger partial charge is 0.175 e. The maximum Gasteiger partial charge on any atom is 0.175 e. The van der Waals surface area contributed by atoms with E-state index in [2.05, 4.69) is 16.0 Å². The number of thioether (sulfide) groups is 2. The summed E-state index contributed by atoms with van der Waals surface area (Å²) in [6, 6.07) is 10.0. The minimum absolute atomic E-state index is 0.355. The van der Waals surface area contributed by atoms with E-state index in [0.717, 1.165) is 26.7 Å². The van der Waals surface area contributed by atoms with Gasteiger partial charge in [-0.25, -0.2) is 9.97 Å². The first kappa shape index (κ1) is 13.4. The van der Waals surface area contributed by atoms with Crippen LogP contribution < -0.4 is 0 Å². The number of aromatic nitrogens is 3. The number of benzene rings is 1. The molecule has 0 aliphatic rings. The second-order valence-electron chi connectivity index (χ2n) is 3.83. The van der Waals surface area contributed by atoms with Crippen molar-refractivity contribution >= 4 is 57.1 Å². The quantitative estimate of drug-likeness (QED) is 0.417. The molecule has 0 fully saturated rings. The Balaban J connectivity index is 2.33. The Hall–Kier alpha value is -1.62. The molecule has 0 aliphatic carbocycles. The van der Waals surface area contributed by atoms with Crippen LogP contribution in [-0.4, -0.2) is 24.8 Å². The molecule has 7 heteroatoms. The first-order chi connectivity index (χ1) is 9.85. The van der Waals surface area contributed by atoms with Crippen LogP contribution in [0.15, 0.2) is 40.5 Å². The monoisotopic (exact) mass is 316 g/mol. The van der Waals surface area contributed by atoms with Crippen LogP contribution in [0, 0.1) is 11.3 Å². The fourth-order valence-corrected chi connectivity index (χ4v) is 3.35. The molecule has 3 rings (SSSR count). The zero-order valence-corrected chi connectivity index (χ0v) is 12.6. The zero-order valence-electron chi connectivity index (χ0n) is 10.2. The molecule has 0 saturated heterocycles. The molecule has 0 amide bonds. The van der Waals surface area contributed by atoms with Crippen LogP contribution >= 0.6 is 35.7 Å². The van der Waals surface area contributed by atoms with E-state index in [0.29, 0.717) is 5.75 Å². The van der Waals surface area contributed by atoms with Gasteiger partial charge >= 0.3 is 0 Å². The second kappa shape index (κ2) is 5.79. The van der Waals surface area contributed by atoms with Gasteiger partial charge in [-0.15, -0.1) is 0 Å². The first-order valence-corrected chi connectivity index (χ1v) is 8.05. The van der Waals surface area contributed by atoms with E-state index in [4.69, 9.17) is 17.5 Å². The third-order valence-electron chi connectivity index (χ3n) is 2.71. The average molecular weight is 316 g/mol. The Morgan fingerprint density at radius 3 is 3.05 bits per heavy atom. The Bertz CT molecular complexity index is 835. The molecule has 0 bridgehead atoms. The highest BCUT2D eigenvalue weighted by Crippen LogP contribution is 2.29. The normalized spacial score (nSPS) is 10.8. The molecule has 0 N–H and O–H groups in total. The molecule has 2 heterocycles. The van der Waals surface area contributed by atoms with Crippen LogP contribution in [0.3, 0.4) is 0 Å². The highest BCUT2D eigenvalue weighted by molar-refractivity contribution is 8.20. The predicted octanol–water partition coefficient (Wildman–Crippen LogP) is 3.55. The lowest BCUT2D eigenvalue weighted by atomic mass is 10.3. The van der Waals surface area contributed by atoms with E-state index in [9.17, 15) is 0 Å². The zero-order chi connectivity index (χ0) is 13.9. The summed E-state index contributed by atoms with van der Waals surface area (Å²) < 4.78 is 3.58. The number of fused-ring (bicyclic) bond motifs is 3. The topological polar surface area (TPSA) is 54.0 Å². The van der Waals surface area contributed by atoms with Gasteiger partial charge < -0.3 is 0 Å². The van der Waals surface area contributed by atoms with Gasteiger partial charge in [-0.2, -0.15) is 5.26 Å². The minimum atomic E-state index is 0.355. The van der Waals surface area contributed by atoms with Crippen molar-refractivity contribution in [2.45, 2.75) is 10.1 Å². The van der Waals surface area contributed by atoms with E-state index < -0.39 is 0 Å². The third-order valence-corrected chi connectivity index (χ3v) is 4.45. The largest absolute Gasteiger partial charge is 0.270 e. The summed E-state index contributed by atoms with van der Waals surface area (Å²) in [6.45, 7) is 0. The van der Waals surface area contributed by atoms with Crippen molar-refractivity contribution in [3.8, 4) is 6.07 Å². The highest BCUT2D eigenvalue weighted by Gasteiger charge is 2.13. The van der Waals surface area contributed by atoms with E-state index in [1.807, 2.05) is 28.7 Å². The molecule has 20 heavy (non-hydrogen) atoms. The predicted molar refractivity (Wildman–Crippen MR) is 86.3 cm³/mol. The molecule has 0 saturated carbocycles. The van der Waals surface area contributed by atoms with Crippen LogP contribution in [0.25, 0.3) is 16.7 Å². The minimum Gasteiger partial charge on any atom is -0.270 e. The van der Waals surface area contributed by atoms with Gasteiger partial charge in [0.05, 0.1) is 27.8 Å². The molecule has 2 aromatic heterocycles. The second-order valence-corrected chi connectivity index (χ2v) is 6.21. The summed E-state index contributed by atoms with van der Waals surface area (Å²) in [7, 11) is 0. The Kier molecular flexibility index (Phi) is 3.87. The van der Waals surface area contributed by atoms with Crippen molar-refractivity contribution in [3.63, 3.8) is 0 Å². The number of nitriles is 1. The summed E-state index contributed by atoms with van der Waals surface area (Å²) in [5, 5.41) is 9.52.